The number of hydrogen-bond acceptors (Lipinski definition) is 2. The van der Waals surface area contributed by atoms with E-state index in [2.05, 4.69) is 61.8 Å². The second-order valence-electron chi connectivity index (χ2n) is 7.81. The van der Waals surface area contributed by atoms with E-state index in [9.17, 15) is 4.79 Å². The minimum Gasteiger partial charge on any atom is -0.290 e. The molecule has 0 fully saturated rings. The number of nitrogens with zero attached hydrogens (tertiary/aromatic N) is 3. The fourth-order valence-electron chi connectivity index (χ4n) is 3.08. The summed E-state index contributed by atoms with van der Waals surface area (Å²) >= 11 is 3.51. The molecule has 2 heterocycles. The fraction of sp³-hybridized carbons (Fsp3) is 0.400. The Morgan fingerprint density at radius 3 is 2.52 bits per heavy atom. The van der Waals surface area contributed by atoms with Gasteiger partial charge in [0, 0.05) is 24.5 Å². The van der Waals surface area contributed by atoms with Crippen LogP contribution in [0.15, 0.2) is 35.1 Å². The Kier molecular flexibility index (Phi) is 4.62. The van der Waals surface area contributed by atoms with Gasteiger partial charge in [0.05, 0.1) is 11.2 Å². The van der Waals surface area contributed by atoms with Crippen molar-refractivity contribution in [3.05, 3.63) is 51.9 Å². The molecule has 1 aromatic carbocycles. The van der Waals surface area contributed by atoms with Crippen LogP contribution in [0.25, 0.3) is 22.4 Å². The first-order valence-corrected chi connectivity index (χ1v) is 9.55. The van der Waals surface area contributed by atoms with E-state index in [0.717, 1.165) is 27.8 Å². The van der Waals surface area contributed by atoms with E-state index in [1.165, 1.54) is 11.1 Å². The number of rotatable bonds is 3. The van der Waals surface area contributed by atoms with Crippen molar-refractivity contribution in [1.29, 1.82) is 0 Å². The minimum absolute atomic E-state index is 0.0134. The van der Waals surface area contributed by atoms with Crippen LogP contribution in [0.2, 0.25) is 0 Å². The van der Waals surface area contributed by atoms with Crippen molar-refractivity contribution in [2.45, 2.75) is 39.6 Å². The Morgan fingerprint density at radius 2 is 1.88 bits per heavy atom. The van der Waals surface area contributed by atoms with Crippen molar-refractivity contribution in [2.75, 3.05) is 0 Å². The number of halogens is 1. The van der Waals surface area contributed by atoms with Crippen LogP contribution >= 0.6 is 15.9 Å². The van der Waals surface area contributed by atoms with Crippen molar-refractivity contribution < 1.29 is 0 Å². The summed E-state index contributed by atoms with van der Waals surface area (Å²) in [5, 5.41) is 0.809. The molecule has 25 heavy (non-hydrogen) atoms. The summed E-state index contributed by atoms with van der Waals surface area (Å²) in [7, 11) is 1.79. The maximum absolute atomic E-state index is 12.7. The van der Waals surface area contributed by atoms with Gasteiger partial charge in [0.15, 0.2) is 5.65 Å². The molecule has 0 N–H and O–H groups in total. The van der Waals surface area contributed by atoms with E-state index in [0.29, 0.717) is 6.54 Å². The summed E-state index contributed by atoms with van der Waals surface area (Å²) < 4.78 is 3.47. The number of alkyl halides is 1. The fourth-order valence-corrected chi connectivity index (χ4v) is 3.43. The van der Waals surface area contributed by atoms with E-state index >= 15 is 0 Å². The molecule has 0 atom stereocenters. The zero-order chi connectivity index (χ0) is 18.4. The lowest BCUT2D eigenvalue weighted by Gasteiger charge is -2.18. The molecule has 0 bridgehead atoms. The third kappa shape index (κ3) is 3.43. The van der Waals surface area contributed by atoms with Gasteiger partial charge in [-0.15, -0.1) is 0 Å². The van der Waals surface area contributed by atoms with E-state index in [1.54, 1.807) is 11.6 Å². The summed E-state index contributed by atoms with van der Waals surface area (Å²) in [6, 6.07) is 10.4. The first-order valence-electron chi connectivity index (χ1n) is 8.43. The van der Waals surface area contributed by atoms with Gasteiger partial charge in [0.25, 0.3) is 0 Å². The first-order chi connectivity index (χ1) is 11.7. The molecule has 5 heteroatoms. The third-order valence-electron chi connectivity index (χ3n) is 4.35. The highest BCUT2D eigenvalue weighted by molar-refractivity contribution is 9.08. The van der Waals surface area contributed by atoms with Crippen LogP contribution in [0.5, 0.6) is 0 Å². The van der Waals surface area contributed by atoms with E-state index in [1.807, 2.05) is 16.7 Å². The molecule has 0 aliphatic carbocycles. The summed E-state index contributed by atoms with van der Waals surface area (Å²) in [4.78, 5) is 17.5. The Morgan fingerprint density at radius 1 is 1.16 bits per heavy atom. The molecule has 0 spiro atoms. The number of aryl methyl sites for hydroxylation is 2. The van der Waals surface area contributed by atoms with Crippen LogP contribution in [0, 0.1) is 12.3 Å². The SMILES string of the molecule is Cc1ccc(CBr)cc1-c1ccc2c(n1)n(C)c(=O)n2CC(C)(C)C. The number of aromatic nitrogens is 3. The normalized spacial score (nSPS) is 12.1. The predicted octanol–water partition coefficient (Wildman–Crippen LogP) is 4.65. The Labute approximate surface area is 156 Å². The van der Waals surface area contributed by atoms with Crippen molar-refractivity contribution in [3.8, 4) is 11.3 Å². The average molecular weight is 402 g/mol. The average Bonchev–Trinajstić information content (AvgIpc) is 2.78. The Bertz CT molecular complexity index is 993. The van der Waals surface area contributed by atoms with Gasteiger partial charge in [0.1, 0.15) is 0 Å². The highest BCUT2D eigenvalue weighted by atomic mass is 79.9. The number of pyridine rings is 1. The van der Waals surface area contributed by atoms with Gasteiger partial charge < -0.3 is 0 Å². The van der Waals surface area contributed by atoms with E-state index < -0.39 is 0 Å². The summed E-state index contributed by atoms with van der Waals surface area (Å²) in [6.07, 6.45) is 0. The molecule has 3 aromatic rings. The largest absolute Gasteiger partial charge is 0.330 e. The van der Waals surface area contributed by atoms with Crippen LogP contribution in [0.4, 0.5) is 0 Å². The van der Waals surface area contributed by atoms with Crippen molar-refractivity contribution in [1.82, 2.24) is 14.1 Å². The molecule has 0 unspecified atom stereocenters. The number of benzene rings is 1. The molecule has 0 radical (unpaired) electrons. The lowest BCUT2D eigenvalue weighted by atomic mass is 9.97. The maximum Gasteiger partial charge on any atom is 0.330 e. The molecular weight excluding hydrogens is 378 g/mol. The Hall–Kier alpha value is -1.88. The predicted molar refractivity (Wildman–Crippen MR) is 107 cm³/mol. The zero-order valence-electron chi connectivity index (χ0n) is 15.4. The first kappa shape index (κ1) is 17.9. The molecule has 0 saturated carbocycles. The van der Waals surface area contributed by atoms with Gasteiger partial charge in [-0.25, -0.2) is 9.78 Å². The molecule has 0 aliphatic rings. The molecular formula is C20H24BrN3O. The third-order valence-corrected chi connectivity index (χ3v) is 4.99. The minimum atomic E-state index is -0.0134. The second-order valence-corrected chi connectivity index (χ2v) is 8.37. The highest BCUT2D eigenvalue weighted by Crippen LogP contribution is 2.26. The molecule has 4 nitrogen and oxygen atoms in total. The number of imidazole rings is 1. The molecule has 0 amide bonds. The second kappa shape index (κ2) is 6.45. The monoisotopic (exact) mass is 401 g/mol. The lowest BCUT2D eigenvalue weighted by Crippen LogP contribution is -2.27. The van der Waals surface area contributed by atoms with Crippen molar-refractivity contribution in [2.24, 2.45) is 12.5 Å². The molecule has 2 aromatic heterocycles. The lowest BCUT2D eigenvalue weighted by molar-refractivity contribution is 0.342. The van der Waals surface area contributed by atoms with E-state index in [-0.39, 0.29) is 11.1 Å². The maximum atomic E-state index is 12.7. The molecule has 0 saturated heterocycles. The zero-order valence-corrected chi connectivity index (χ0v) is 17.0. The Balaban J connectivity index is 2.19. The van der Waals surface area contributed by atoms with Gasteiger partial charge in [-0.05, 0) is 41.7 Å². The molecule has 0 aliphatic heterocycles. The summed E-state index contributed by atoms with van der Waals surface area (Å²) in [5.41, 5.74) is 6.03. The van der Waals surface area contributed by atoms with Gasteiger partial charge >= 0.3 is 5.69 Å². The van der Waals surface area contributed by atoms with Gasteiger partial charge in [0.2, 0.25) is 0 Å². The highest BCUT2D eigenvalue weighted by Gasteiger charge is 2.19. The topological polar surface area (TPSA) is 39.8 Å². The van der Waals surface area contributed by atoms with Crippen molar-refractivity contribution in [3.63, 3.8) is 0 Å². The molecule has 3 rings (SSSR count). The number of hydrogen-bond donors (Lipinski definition) is 0. The van der Waals surface area contributed by atoms with Crippen LogP contribution in [0.3, 0.4) is 0 Å². The van der Waals surface area contributed by atoms with Gasteiger partial charge in [-0.1, -0.05) is 48.8 Å². The standard InChI is InChI=1S/C20H24BrN3O/c1-13-6-7-14(11-21)10-15(13)16-8-9-17-18(22-16)23(5)19(25)24(17)12-20(2,3)4/h6-10H,11-12H2,1-5H3. The van der Waals surface area contributed by atoms with Gasteiger partial charge in [-0.3, -0.25) is 9.13 Å². The van der Waals surface area contributed by atoms with Gasteiger partial charge in [-0.2, -0.15) is 0 Å². The number of fused-ring (bicyclic) bond motifs is 1. The van der Waals surface area contributed by atoms with Crippen LogP contribution in [-0.2, 0) is 18.9 Å². The van der Waals surface area contributed by atoms with Crippen LogP contribution < -0.4 is 5.69 Å². The quantitative estimate of drug-likeness (QED) is 0.599. The van der Waals surface area contributed by atoms with E-state index in [4.69, 9.17) is 4.98 Å². The smallest absolute Gasteiger partial charge is 0.290 e. The molecule has 132 valence electrons. The summed E-state index contributed by atoms with van der Waals surface area (Å²) in [5.74, 6) is 0. The summed E-state index contributed by atoms with van der Waals surface area (Å²) in [6.45, 7) is 9.16. The van der Waals surface area contributed by atoms with Crippen LogP contribution in [0.1, 0.15) is 31.9 Å². The van der Waals surface area contributed by atoms with Crippen molar-refractivity contribution >= 4 is 27.1 Å². The van der Waals surface area contributed by atoms with Crippen LogP contribution in [-0.4, -0.2) is 14.1 Å².